The molecular weight excluding hydrogens is 376 g/mol. The van der Waals surface area contributed by atoms with Crippen LogP contribution in [-0.2, 0) is 0 Å². The van der Waals surface area contributed by atoms with Crippen LogP contribution >= 0.6 is 0 Å². The highest BCUT2D eigenvalue weighted by Crippen LogP contribution is 2.36. The lowest BCUT2D eigenvalue weighted by Crippen LogP contribution is -2.17. The van der Waals surface area contributed by atoms with E-state index in [0.29, 0.717) is 18.3 Å². The third-order valence-electron chi connectivity index (χ3n) is 5.78. The molecule has 1 unspecified atom stereocenters. The minimum Gasteiger partial charge on any atom is -0.497 e. The van der Waals surface area contributed by atoms with Gasteiger partial charge in [0, 0.05) is 23.6 Å². The van der Waals surface area contributed by atoms with Crippen molar-refractivity contribution in [2.45, 2.75) is 45.1 Å². The first-order chi connectivity index (χ1) is 14.7. The number of anilines is 2. The Hall–Kier alpha value is -3.40. The molecule has 7 heteroatoms. The molecule has 1 saturated carbocycles. The lowest BCUT2D eigenvalue weighted by molar-refractivity contribution is 0.315. The Morgan fingerprint density at radius 3 is 2.70 bits per heavy atom. The number of aromatic nitrogens is 4. The van der Waals surface area contributed by atoms with Gasteiger partial charge in [0.15, 0.2) is 0 Å². The van der Waals surface area contributed by atoms with Crippen molar-refractivity contribution in [2.24, 2.45) is 5.92 Å². The fraction of sp³-hybridized carbons (Fsp3) is 0.391. The normalized spacial score (nSPS) is 15.0. The van der Waals surface area contributed by atoms with Gasteiger partial charge in [-0.25, -0.2) is 9.97 Å². The summed E-state index contributed by atoms with van der Waals surface area (Å²) in [5, 5.41) is 17.1. The van der Waals surface area contributed by atoms with Crippen LogP contribution in [0.25, 0.3) is 11.3 Å². The Morgan fingerprint density at radius 1 is 1.23 bits per heavy atom. The van der Waals surface area contributed by atoms with E-state index in [2.05, 4.69) is 21.5 Å². The van der Waals surface area contributed by atoms with E-state index in [9.17, 15) is 5.26 Å². The highest BCUT2D eigenvalue weighted by atomic mass is 16.5. The first-order valence-electron chi connectivity index (χ1n) is 10.3. The Balaban J connectivity index is 1.57. The number of nitriles is 1. The Bertz CT molecular complexity index is 1030. The van der Waals surface area contributed by atoms with Crippen molar-refractivity contribution in [1.29, 1.82) is 5.26 Å². The molecular formula is C23H26N6O. The molecule has 0 aliphatic heterocycles. The Morgan fingerprint density at radius 2 is 2.00 bits per heavy atom. The maximum absolute atomic E-state index is 9.31. The van der Waals surface area contributed by atoms with Gasteiger partial charge in [0.1, 0.15) is 5.75 Å². The number of benzene rings is 1. The maximum atomic E-state index is 9.31. The van der Waals surface area contributed by atoms with E-state index in [1.807, 2.05) is 54.5 Å². The molecule has 1 atom stereocenters. The van der Waals surface area contributed by atoms with Crippen LogP contribution in [0, 0.1) is 24.2 Å². The largest absolute Gasteiger partial charge is 0.497 e. The third-order valence-corrected chi connectivity index (χ3v) is 5.78. The average molecular weight is 403 g/mol. The highest BCUT2D eigenvalue weighted by Gasteiger charge is 2.27. The van der Waals surface area contributed by atoms with Gasteiger partial charge < -0.3 is 10.1 Å². The number of aryl methyl sites for hydroxylation is 1. The molecule has 0 saturated heterocycles. The van der Waals surface area contributed by atoms with Crippen LogP contribution in [0.5, 0.6) is 5.75 Å². The molecule has 30 heavy (non-hydrogen) atoms. The number of hydrogen-bond acceptors (Lipinski definition) is 6. The Labute approximate surface area is 176 Å². The van der Waals surface area contributed by atoms with E-state index in [-0.39, 0.29) is 6.04 Å². The number of ether oxygens (including phenoxy) is 1. The first-order valence-corrected chi connectivity index (χ1v) is 10.3. The van der Waals surface area contributed by atoms with Gasteiger partial charge in [-0.2, -0.15) is 10.4 Å². The SMILES string of the molecule is COc1ccc(Nc2ncc(C)c(-c3cnn(C(CC#N)C4CCCC4)c3)n2)cc1. The Kier molecular flexibility index (Phi) is 5.94. The van der Waals surface area contributed by atoms with E-state index in [0.717, 1.165) is 28.3 Å². The van der Waals surface area contributed by atoms with Crippen molar-refractivity contribution in [3.63, 3.8) is 0 Å². The zero-order valence-corrected chi connectivity index (χ0v) is 17.4. The van der Waals surface area contributed by atoms with Gasteiger partial charge in [-0.05, 0) is 55.5 Å². The molecule has 0 amide bonds. The van der Waals surface area contributed by atoms with Gasteiger partial charge >= 0.3 is 0 Å². The van der Waals surface area contributed by atoms with Gasteiger partial charge in [-0.15, -0.1) is 0 Å². The molecule has 1 aliphatic carbocycles. The van der Waals surface area contributed by atoms with Crippen molar-refractivity contribution in [3.05, 3.63) is 48.4 Å². The summed E-state index contributed by atoms with van der Waals surface area (Å²) in [6.45, 7) is 1.99. The summed E-state index contributed by atoms with van der Waals surface area (Å²) in [7, 11) is 1.64. The molecule has 1 aromatic carbocycles. The molecule has 0 bridgehead atoms. The summed E-state index contributed by atoms with van der Waals surface area (Å²) >= 11 is 0. The molecule has 2 aromatic heterocycles. The van der Waals surface area contributed by atoms with Crippen molar-refractivity contribution in [1.82, 2.24) is 19.7 Å². The summed E-state index contributed by atoms with van der Waals surface area (Å²) in [6, 6.07) is 10.1. The predicted octanol–water partition coefficient (Wildman–Crippen LogP) is 5.05. The molecule has 1 fully saturated rings. The quantitative estimate of drug-likeness (QED) is 0.595. The predicted molar refractivity (Wildman–Crippen MR) is 115 cm³/mol. The number of nitrogens with zero attached hydrogens (tertiary/aromatic N) is 5. The van der Waals surface area contributed by atoms with Crippen LogP contribution in [0.15, 0.2) is 42.9 Å². The molecule has 2 heterocycles. The summed E-state index contributed by atoms with van der Waals surface area (Å²) < 4.78 is 7.16. The van der Waals surface area contributed by atoms with Gasteiger partial charge in [-0.1, -0.05) is 12.8 Å². The lowest BCUT2D eigenvalue weighted by Gasteiger charge is -2.21. The average Bonchev–Trinajstić information content (AvgIpc) is 3.46. The minimum atomic E-state index is 0.130. The summed E-state index contributed by atoms with van der Waals surface area (Å²) in [6.07, 6.45) is 11.0. The van der Waals surface area contributed by atoms with E-state index in [1.165, 1.54) is 25.7 Å². The summed E-state index contributed by atoms with van der Waals surface area (Å²) in [4.78, 5) is 9.14. The molecule has 0 radical (unpaired) electrons. The molecule has 4 rings (SSSR count). The van der Waals surface area contributed by atoms with Crippen molar-refractivity contribution < 1.29 is 4.74 Å². The number of methoxy groups -OCH3 is 1. The highest BCUT2D eigenvalue weighted by molar-refractivity contribution is 5.64. The maximum Gasteiger partial charge on any atom is 0.227 e. The molecule has 0 spiro atoms. The standard InChI is InChI=1S/C23H26N6O/c1-16-13-25-23(27-19-7-9-20(30-2)10-8-19)28-22(16)18-14-26-29(15-18)21(11-12-24)17-5-3-4-6-17/h7-10,13-15,17,21H,3-6,11H2,1-2H3,(H,25,27,28). The topological polar surface area (TPSA) is 88.6 Å². The summed E-state index contributed by atoms with van der Waals surface area (Å²) in [5.41, 5.74) is 3.65. The van der Waals surface area contributed by atoms with Crippen LogP contribution in [0.4, 0.5) is 11.6 Å². The number of nitrogens with one attached hydrogen (secondary N) is 1. The second-order valence-electron chi connectivity index (χ2n) is 7.76. The first kappa shape index (κ1) is 19.9. The second-order valence-corrected chi connectivity index (χ2v) is 7.76. The fourth-order valence-electron chi connectivity index (χ4n) is 4.15. The van der Waals surface area contributed by atoms with Gasteiger partial charge in [0.05, 0.1) is 37.5 Å². The zero-order chi connectivity index (χ0) is 20.9. The zero-order valence-electron chi connectivity index (χ0n) is 17.4. The van der Waals surface area contributed by atoms with Crippen LogP contribution in [-0.4, -0.2) is 26.9 Å². The van der Waals surface area contributed by atoms with Crippen LogP contribution in [0.1, 0.15) is 43.7 Å². The number of rotatable bonds is 7. The van der Waals surface area contributed by atoms with E-state index in [4.69, 9.17) is 9.72 Å². The van der Waals surface area contributed by atoms with Crippen LogP contribution < -0.4 is 10.1 Å². The lowest BCUT2D eigenvalue weighted by atomic mass is 9.96. The van der Waals surface area contributed by atoms with Gasteiger partial charge in [0.2, 0.25) is 5.95 Å². The van der Waals surface area contributed by atoms with Crippen molar-refractivity contribution in [2.75, 3.05) is 12.4 Å². The van der Waals surface area contributed by atoms with Crippen molar-refractivity contribution in [3.8, 4) is 23.1 Å². The fourth-order valence-corrected chi connectivity index (χ4v) is 4.15. The number of hydrogen-bond donors (Lipinski definition) is 1. The van der Waals surface area contributed by atoms with Crippen LogP contribution in [0.3, 0.4) is 0 Å². The van der Waals surface area contributed by atoms with E-state index in [1.54, 1.807) is 7.11 Å². The molecule has 1 N–H and O–H groups in total. The van der Waals surface area contributed by atoms with E-state index < -0.39 is 0 Å². The smallest absolute Gasteiger partial charge is 0.227 e. The third kappa shape index (κ3) is 4.28. The van der Waals surface area contributed by atoms with Gasteiger partial charge in [-0.3, -0.25) is 4.68 Å². The monoisotopic (exact) mass is 402 g/mol. The molecule has 7 nitrogen and oxygen atoms in total. The van der Waals surface area contributed by atoms with Gasteiger partial charge in [0.25, 0.3) is 0 Å². The van der Waals surface area contributed by atoms with E-state index >= 15 is 0 Å². The molecule has 3 aromatic rings. The second kappa shape index (κ2) is 8.95. The van der Waals surface area contributed by atoms with Crippen LogP contribution in [0.2, 0.25) is 0 Å². The summed E-state index contributed by atoms with van der Waals surface area (Å²) in [5.74, 6) is 1.85. The van der Waals surface area contributed by atoms with Crippen molar-refractivity contribution >= 4 is 11.6 Å². The molecule has 154 valence electrons. The molecule has 1 aliphatic rings. The minimum absolute atomic E-state index is 0.130.